The van der Waals surface area contributed by atoms with Gasteiger partial charge in [0.15, 0.2) is 0 Å². The number of hydrogen-bond acceptors (Lipinski definition) is 0. The predicted octanol–water partition coefficient (Wildman–Crippen LogP) is 15.8. The van der Waals surface area contributed by atoms with Gasteiger partial charge in [-0.2, -0.15) is 0 Å². The van der Waals surface area contributed by atoms with Crippen LogP contribution in [0.3, 0.4) is 0 Å². The molecular formula is C56H36. The van der Waals surface area contributed by atoms with E-state index in [1.807, 2.05) is 0 Å². The summed E-state index contributed by atoms with van der Waals surface area (Å²) in [6.07, 6.45) is 0. The molecule has 0 aliphatic carbocycles. The van der Waals surface area contributed by atoms with Gasteiger partial charge in [0.05, 0.1) is 0 Å². The van der Waals surface area contributed by atoms with Crippen LogP contribution in [-0.2, 0) is 0 Å². The second-order valence-corrected chi connectivity index (χ2v) is 14.9. The highest BCUT2D eigenvalue weighted by atomic mass is 14.2. The summed E-state index contributed by atoms with van der Waals surface area (Å²) in [5, 5.41) is 12.5. The van der Waals surface area contributed by atoms with Crippen LogP contribution in [0.2, 0.25) is 0 Å². The third-order valence-corrected chi connectivity index (χ3v) is 11.6. The topological polar surface area (TPSA) is 0 Å². The molecule has 0 radical (unpaired) electrons. The van der Waals surface area contributed by atoms with E-state index in [-0.39, 0.29) is 0 Å². The molecule has 0 aliphatic rings. The Kier molecular flexibility index (Phi) is 7.60. The van der Waals surface area contributed by atoms with Gasteiger partial charge in [-0.15, -0.1) is 0 Å². The SMILES string of the molecule is c1ccc(-c2cc(-c3ccc4ccccc4c3)cc(-c3c4ccccc4c(-c4ccc5ccccc5c4)c4cc(-c5ccc6ccccc6c5)ccc34)c2)cc1. The summed E-state index contributed by atoms with van der Waals surface area (Å²) in [7, 11) is 0. The fraction of sp³-hybridized carbons (Fsp3) is 0. The summed E-state index contributed by atoms with van der Waals surface area (Å²) < 4.78 is 0. The van der Waals surface area contributed by atoms with Crippen molar-refractivity contribution in [3.63, 3.8) is 0 Å². The average Bonchev–Trinajstić information content (AvgIpc) is 3.27. The normalized spacial score (nSPS) is 11.6. The van der Waals surface area contributed by atoms with Crippen molar-refractivity contribution in [3.05, 3.63) is 218 Å². The number of rotatable bonds is 5. The summed E-state index contributed by atoms with van der Waals surface area (Å²) in [4.78, 5) is 0. The first-order valence-electron chi connectivity index (χ1n) is 19.4. The van der Waals surface area contributed by atoms with Crippen LogP contribution in [0.15, 0.2) is 218 Å². The van der Waals surface area contributed by atoms with E-state index in [9.17, 15) is 0 Å². The monoisotopic (exact) mass is 708 g/mol. The Balaban J connectivity index is 1.23. The molecule has 56 heavy (non-hydrogen) atoms. The molecule has 0 unspecified atom stereocenters. The molecule has 0 atom stereocenters. The van der Waals surface area contributed by atoms with Gasteiger partial charge in [0.1, 0.15) is 0 Å². The van der Waals surface area contributed by atoms with Crippen LogP contribution < -0.4 is 0 Å². The molecular weight excluding hydrogens is 673 g/mol. The minimum absolute atomic E-state index is 1.20. The molecule has 0 amide bonds. The Bertz CT molecular complexity index is 3300. The highest BCUT2D eigenvalue weighted by Crippen LogP contribution is 2.47. The van der Waals surface area contributed by atoms with Crippen molar-refractivity contribution in [3.8, 4) is 55.6 Å². The Morgan fingerprint density at radius 1 is 0.161 bits per heavy atom. The highest BCUT2D eigenvalue weighted by molar-refractivity contribution is 6.22. The molecule has 0 aromatic heterocycles. The molecule has 0 nitrogen and oxygen atoms in total. The lowest BCUT2D eigenvalue weighted by molar-refractivity contribution is 1.59. The fourth-order valence-corrected chi connectivity index (χ4v) is 8.80. The molecule has 0 aliphatic heterocycles. The first-order chi connectivity index (χ1) is 27.7. The zero-order valence-corrected chi connectivity index (χ0v) is 30.8. The van der Waals surface area contributed by atoms with Crippen LogP contribution in [0.1, 0.15) is 0 Å². The maximum absolute atomic E-state index is 2.44. The van der Waals surface area contributed by atoms with E-state index in [0.29, 0.717) is 0 Å². The molecule has 11 aromatic carbocycles. The van der Waals surface area contributed by atoms with Crippen molar-refractivity contribution in [2.24, 2.45) is 0 Å². The molecule has 0 fully saturated rings. The van der Waals surface area contributed by atoms with Gasteiger partial charge in [-0.3, -0.25) is 0 Å². The molecule has 0 spiro atoms. The maximum atomic E-state index is 2.44. The molecule has 0 N–H and O–H groups in total. The van der Waals surface area contributed by atoms with Crippen LogP contribution in [0, 0.1) is 0 Å². The summed E-state index contributed by atoms with van der Waals surface area (Å²) in [6.45, 7) is 0. The molecule has 260 valence electrons. The van der Waals surface area contributed by atoms with E-state index >= 15 is 0 Å². The molecule has 0 saturated carbocycles. The number of benzene rings is 11. The fourth-order valence-electron chi connectivity index (χ4n) is 8.80. The Labute approximate surface area is 326 Å². The van der Waals surface area contributed by atoms with Crippen LogP contribution in [0.4, 0.5) is 0 Å². The maximum Gasteiger partial charge on any atom is -0.00259 e. The van der Waals surface area contributed by atoms with Gasteiger partial charge in [0.25, 0.3) is 0 Å². The zero-order chi connectivity index (χ0) is 37.0. The van der Waals surface area contributed by atoms with Crippen LogP contribution in [0.5, 0.6) is 0 Å². The minimum Gasteiger partial charge on any atom is -0.0622 e. The first kappa shape index (κ1) is 32.2. The van der Waals surface area contributed by atoms with Gasteiger partial charge in [0, 0.05) is 0 Å². The van der Waals surface area contributed by atoms with E-state index in [1.54, 1.807) is 0 Å². The van der Waals surface area contributed by atoms with E-state index in [1.165, 1.54) is 109 Å². The smallest absolute Gasteiger partial charge is 0.00259 e. The second kappa shape index (κ2) is 13.2. The second-order valence-electron chi connectivity index (χ2n) is 14.9. The molecule has 11 aromatic rings. The lowest BCUT2D eigenvalue weighted by Gasteiger charge is -2.20. The Morgan fingerprint density at radius 3 is 1.12 bits per heavy atom. The third-order valence-electron chi connectivity index (χ3n) is 11.6. The van der Waals surface area contributed by atoms with Crippen molar-refractivity contribution >= 4 is 53.9 Å². The van der Waals surface area contributed by atoms with Gasteiger partial charge in [-0.05, 0) is 152 Å². The van der Waals surface area contributed by atoms with Crippen LogP contribution in [0.25, 0.3) is 109 Å². The van der Waals surface area contributed by atoms with Crippen molar-refractivity contribution in [2.75, 3.05) is 0 Å². The summed E-state index contributed by atoms with van der Waals surface area (Å²) >= 11 is 0. The average molecular weight is 709 g/mol. The lowest BCUT2D eigenvalue weighted by atomic mass is 9.83. The molecule has 0 heteroatoms. The quantitative estimate of drug-likeness (QED) is 0.156. The Hall–Kier alpha value is -7.28. The van der Waals surface area contributed by atoms with Gasteiger partial charge in [-0.1, -0.05) is 176 Å². The van der Waals surface area contributed by atoms with Crippen molar-refractivity contribution in [2.45, 2.75) is 0 Å². The van der Waals surface area contributed by atoms with Crippen molar-refractivity contribution in [1.82, 2.24) is 0 Å². The van der Waals surface area contributed by atoms with E-state index in [4.69, 9.17) is 0 Å². The standard InChI is InChI=1S/C56H36/c1-2-12-37(13-3-1)48-33-49(45-26-23-39-15-5-8-18-42(39)31-45)35-50(34-48)56-52-21-11-10-20-51(52)55(47-27-24-40-16-6-9-19-43(40)32-47)54-36-46(28-29-53(54)56)44-25-22-38-14-4-7-17-41(38)30-44/h1-36H. The predicted molar refractivity (Wildman–Crippen MR) is 241 cm³/mol. The third kappa shape index (κ3) is 5.54. The molecule has 11 rings (SSSR count). The lowest BCUT2D eigenvalue weighted by Crippen LogP contribution is -1.93. The number of fused-ring (bicyclic) bond motifs is 5. The first-order valence-corrected chi connectivity index (χ1v) is 19.4. The highest BCUT2D eigenvalue weighted by Gasteiger charge is 2.19. The van der Waals surface area contributed by atoms with Gasteiger partial charge in [0.2, 0.25) is 0 Å². The van der Waals surface area contributed by atoms with Crippen LogP contribution in [-0.4, -0.2) is 0 Å². The van der Waals surface area contributed by atoms with Crippen molar-refractivity contribution < 1.29 is 0 Å². The van der Waals surface area contributed by atoms with Gasteiger partial charge in [-0.25, -0.2) is 0 Å². The van der Waals surface area contributed by atoms with E-state index < -0.39 is 0 Å². The molecule has 0 bridgehead atoms. The summed E-state index contributed by atoms with van der Waals surface area (Å²) in [6, 6.07) is 80.7. The van der Waals surface area contributed by atoms with E-state index in [2.05, 4.69) is 218 Å². The summed E-state index contributed by atoms with van der Waals surface area (Å²) in [5.41, 5.74) is 12.2. The summed E-state index contributed by atoms with van der Waals surface area (Å²) in [5.74, 6) is 0. The van der Waals surface area contributed by atoms with Gasteiger partial charge < -0.3 is 0 Å². The zero-order valence-electron chi connectivity index (χ0n) is 30.8. The molecule has 0 heterocycles. The van der Waals surface area contributed by atoms with Crippen molar-refractivity contribution in [1.29, 1.82) is 0 Å². The van der Waals surface area contributed by atoms with Gasteiger partial charge >= 0.3 is 0 Å². The Morgan fingerprint density at radius 2 is 0.536 bits per heavy atom. The minimum atomic E-state index is 1.20. The van der Waals surface area contributed by atoms with Crippen LogP contribution >= 0.6 is 0 Å². The van der Waals surface area contributed by atoms with E-state index in [0.717, 1.165) is 0 Å². The molecule has 0 saturated heterocycles. The largest absolute Gasteiger partial charge is 0.0622 e. The number of hydrogen-bond donors (Lipinski definition) is 0.